The van der Waals surface area contributed by atoms with Crippen LogP contribution >= 0.6 is 0 Å². The zero-order chi connectivity index (χ0) is 21.4. The van der Waals surface area contributed by atoms with Gasteiger partial charge in [0.1, 0.15) is 12.4 Å². The van der Waals surface area contributed by atoms with Crippen molar-refractivity contribution in [2.45, 2.75) is 38.8 Å². The van der Waals surface area contributed by atoms with Crippen molar-refractivity contribution in [3.63, 3.8) is 0 Å². The van der Waals surface area contributed by atoms with Gasteiger partial charge in [-0.3, -0.25) is 4.79 Å². The first kappa shape index (κ1) is 19.5. The predicted molar refractivity (Wildman–Crippen MR) is 118 cm³/mol. The largest absolute Gasteiger partial charge is 0.465 e. The Bertz CT molecular complexity index is 1280. The number of aromatic nitrogens is 3. The second kappa shape index (κ2) is 7.98. The lowest BCUT2D eigenvalue weighted by molar-refractivity contribution is -0.143. The molecular weight excluding hydrogens is 395 g/mol. The van der Waals surface area contributed by atoms with Gasteiger partial charge in [0.05, 0.1) is 12.1 Å². The molecule has 0 bridgehead atoms. The van der Waals surface area contributed by atoms with Crippen LogP contribution in [0.1, 0.15) is 24.6 Å². The fraction of sp³-hybridized carbons (Fsp3) is 0.292. The average Bonchev–Trinajstić information content (AvgIpc) is 3.06. The van der Waals surface area contributed by atoms with Crippen LogP contribution in [-0.2, 0) is 28.9 Å². The summed E-state index contributed by atoms with van der Waals surface area (Å²) in [6.07, 6.45) is 4.17. The van der Waals surface area contributed by atoms with E-state index in [-0.39, 0.29) is 24.4 Å². The summed E-state index contributed by atoms with van der Waals surface area (Å²) < 4.78 is 21.2. The van der Waals surface area contributed by atoms with Crippen molar-refractivity contribution >= 4 is 33.7 Å². The third-order valence-electron chi connectivity index (χ3n) is 5.84. The summed E-state index contributed by atoms with van der Waals surface area (Å²) >= 11 is 0. The number of esters is 1. The van der Waals surface area contributed by atoms with E-state index in [0.29, 0.717) is 19.0 Å². The van der Waals surface area contributed by atoms with Gasteiger partial charge in [-0.2, -0.15) is 0 Å². The lowest BCUT2D eigenvalue weighted by Crippen LogP contribution is -2.29. The molecule has 0 spiro atoms. The standard InChI is InChI=1S/C24H23FN4O2/c1-2-31-23(30)14-29-21-9-7-16(25)11-18(21)19-12-17(8-10-22(19)29)27-24-26-13-15-5-3-4-6-20(15)28-24/h3-7,9,11,13,17H,2,8,10,12,14H2,1H3,(H,26,27,28)/t17-/m0/s1. The van der Waals surface area contributed by atoms with Crippen LogP contribution in [0.25, 0.3) is 21.8 Å². The van der Waals surface area contributed by atoms with Gasteiger partial charge in [0.2, 0.25) is 5.95 Å². The third-order valence-corrected chi connectivity index (χ3v) is 5.84. The molecule has 1 atom stereocenters. The Kier molecular flexibility index (Phi) is 5.02. The summed E-state index contributed by atoms with van der Waals surface area (Å²) in [5.41, 5.74) is 3.90. The Hall–Kier alpha value is -3.48. The molecule has 5 rings (SSSR count). The first-order valence-corrected chi connectivity index (χ1v) is 10.6. The molecule has 0 amide bonds. The molecule has 1 N–H and O–H groups in total. The fourth-order valence-corrected chi connectivity index (χ4v) is 4.49. The zero-order valence-corrected chi connectivity index (χ0v) is 17.3. The van der Waals surface area contributed by atoms with Crippen LogP contribution in [0.5, 0.6) is 0 Å². The number of fused-ring (bicyclic) bond motifs is 4. The van der Waals surface area contributed by atoms with Crippen molar-refractivity contribution in [2.75, 3.05) is 11.9 Å². The average molecular weight is 418 g/mol. The topological polar surface area (TPSA) is 69.0 Å². The van der Waals surface area contributed by atoms with E-state index < -0.39 is 0 Å². The van der Waals surface area contributed by atoms with E-state index in [4.69, 9.17) is 4.74 Å². The van der Waals surface area contributed by atoms with Gasteiger partial charge >= 0.3 is 5.97 Å². The van der Waals surface area contributed by atoms with E-state index in [1.165, 1.54) is 6.07 Å². The van der Waals surface area contributed by atoms with Crippen LogP contribution in [-0.4, -0.2) is 33.2 Å². The van der Waals surface area contributed by atoms with Gasteiger partial charge in [-0.1, -0.05) is 18.2 Å². The van der Waals surface area contributed by atoms with E-state index >= 15 is 0 Å². The number of carbonyl (C=O) groups excluding carboxylic acids is 1. The monoisotopic (exact) mass is 418 g/mol. The second-order valence-electron chi connectivity index (χ2n) is 7.81. The normalized spacial score (nSPS) is 15.7. The molecule has 4 aromatic rings. The van der Waals surface area contributed by atoms with Crippen molar-refractivity contribution in [1.29, 1.82) is 0 Å². The van der Waals surface area contributed by atoms with Crippen molar-refractivity contribution in [1.82, 2.24) is 14.5 Å². The van der Waals surface area contributed by atoms with Gasteiger partial charge in [-0.25, -0.2) is 14.4 Å². The number of benzene rings is 2. The lowest BCUT2D eigenvalue weighted by Gasteiger charge is -2.25. The van der Waals surface area contributed by atoms with Crippen LogP contribution in [0.4, 0.5) is 10.3 Å². The van der Waals surface area contributed by atoms with E-state index in [1.807, 2.05) is 35.0 Å². The number of nitrogens with one attached hydrogen (secondary N) is 1. The molecule has 2 aromatic heterocycles. The first-order chi connectivity index (χ1) is 15.1. The van der Waals surface area contributed by atoms with Crippen molar-refractivity contribution < 1.29 is 13.9 Å². The quantitative estimate of drug-likeness (QED) is 0.491. The molecule has 158 valence electrons. The SMILES string of the molecule is CCOC(=O)Cn1c2c(c3cc(F)ccc31)C[C@@H](Nc1ncc3ccccc3n1)CC2. The molecule has 6 nitrogen and oxygen atoms in total. The maximum atomic E-state index is 14.1. The molecule has 0 saturated heterocycles. The fourth-order valence-electron chi connectivity index (χ4n) is 4.49. The minimum atomic E-state index is -0.281. The molecule has 1 aliphatic rings. The molecule has 0 radical (unpaired) electrons. The molecule has 0 unspecified atom stereocenters. The Labute approximate surface area is 179 Å². The summed E-state index contributed by atoms with van der Waals surface area (Å²) in [5.74, 6) is 0.0291. The Morgan fingerprint density at radius 1 is 1.29 bits per heavy atom. The van der Waals surface area contributed by atoms with Gasteiger partial charge in [0, 0.05) is 34.2 Å². The third kappa shape index (κ3) is 3.71. The molecule has 0 fully saturated rings. The molecule has 0 aliphatic heterocycles. The number of para-hydroxylation sites is 1. The number of hydrogen-bond donors (Lipinski definition) is 1. The Morgan fingerprint density at radius 3 is 3.03 bits per heavy atom. The Morgan fingerprint density at radius 2 is 2.16 bits per heavy atom. The number of nitrogens with zero attached hydrogens (tertiary/aromatic N) is 3. The molecule has 1 aliphatic carbocycles. The predicted octanol–water partition coefficient (Wildman–Crippen LogP) is 4.26. The number of ether oxygens (including phenoxy) is 1. The second-order valence-corrected chi connectivity index (χ2v) is 7.81. The highest BCUT2D eigenvalue weighted by Gasteiger charge is 2.27. The van der Waals surface area contributed by atoms with E-state index in [9.17, 15) is 9.18 Å². The molecule has 2 heterocycles. The highest BCUT2D eigenvalue weighted by Crippen LogP contribution is 2.33. The van der Waals surface area contributed by atoms with Crippen molar-refractivity contribution in [3.05, 3.63) is 65.7 Å². The van der Waals surface area contributed by atoms with Gasteiger partial charge in [-0.05, 0) is 56.0 Å². The zero-order valence-electron chi connectivity index (χ0n) is 17.3. The maximum Gasteiger partial charge on any atom is 0.325 e. The van der Waals surface area contributed by atoms with Crippen LogP contribution in [0.15, 0.2) is 48.7 Å². The van der Waals surface area contributed by atoms with Crippen LogP contribution < -0.4 is 5.32 Å². The van der Waals surface area contributed by atoms with Crippen LogP contribution in [0.3, 0.4) is 0 Å². The van der Waals surface area contributed by atoms with Crippen LogP contribution in [0.2, 0.25) is 0 Å². The molecule has 7 heteroatoms. The lowest BCUT2D eigenvalue weighted by atomic mass is 9.91. The van der Waals surface area contributed by atoms with E-state index in [2.05, 4.69) is 15.3 Å². The first-order valence-electron chi connectivity index (χ1n) is 10.6. The summed E-state index contributed by atoms with van der Waals surface area (Å²) in [7, 11) is 0. The van der Waals surface area contributed by atoms with Crippen molar-refractivity contribution in [3.8, 4) is 0 Å². The summed E-state index contributed by atoms with van der Waals surface area (Å²) in [6.45, 7) is 2.27. The van der Waals surface area contributed by atoms with Crippen molar-refractivity contribution in [2.24, 2.45) is 0 Å². The minimum absolute atomic E-state index is 0.124. The van der Waals surface area contributed by atoms with E-state index in [1.54, 1.807) is 19.1 Å². The van der Waals surface area contributed by atoms with E-state index in [0.717, 1.165) is 45.9 Å². The molecule has 0 saturated carbocycles. The summed E-state index contributed by atoms with van der Waals surface area (Å²) in [6, 6.07) is 12.7. The van der Waals surface area contributed by atoms with Gasteiger partial charge in [0.15, 0.2) is 0 Å². The number of anilines is 1. The highest BCUT2D eigenvalue weighted by atomic mass is 19.1. The molecule has 2 aromatic carbocycles. The smallest absolute Gasteiger partial charge is 0.325 e. The maximum absolute atomic E-state index is 14.1. The van der Waals surface area contributed by atoms with Crippen LogP contribution in [0, 0.1) is 5.82 Å². The van der Waals surface area contributed by atoms with Gasteiger partial charge in [-0.15, -0.1) is 0 Å². The highest BCUT2D eigenvalue weighted by molar-refractivity contribution is 5.87. The molecular formula is C24H23FN4O2. The molecule has 31 heavy (non-hydrogen) atoms. The Balaban J connectivity index is 1.46. The number of rotatable bonds is 5. The number of halogens is 1. The van der Waals surface area contributed by atoms with Gasteiger partial charge < -0.3 is 14.6 Å². The summed E-state index contributed by atoms with van der Waals surface area (Å²) in [4.78, 5) is 21.2. The number of hydrogen-bond acceptors (Lipinski definition) is 5. The minimum Gasteiger partial charge on any atom is -0.465 e. The van der Waals surface area contributed by atoms with Gasteiger partial charge in [0.25, 0.3) is 0 Å². The summed E-state index contributed by atoms with van der Waals surface area (Å²) in [5, 5.41) is 5.30. The number of carbonyl (C=O) groups is 1.